The molecule has 2 atom stereocenters. The number of thioether (sulfide) groups is 1. The molecule has 8 nitrogen and oxygen atoms in total. The Bertz CT molecular complexity index is 964. The molecule has 4 rings (SSSR count). The average Bonchev–Trinajstić information content (AvgIpc) is 3.16. The number of hydrogen-bond acceptors (Lipinski definition) is 7. The molecule has 2 aromatic carbocycles. The van der Waals surface area contributed by atoms with Gasteiger partial charge < -0.3 is 0 Å². The second kappa shape index (κ2) is 7.70. The highest BCUT2D eigenvalue weighted by Crippen LogP contribution is 2.32. The van der Waals surface area contributed by atoms with Gasteiger partial charge >= 0.3 is 0 Å². The maximum atomic E-state index is 13.2. The Morgan fingerprint density at radius 2 is 2.11 bits per heavy atom. The van der Waals surface area contributed by atoms with Gasteiger partial charge in [-0.2, -0.15) is 0 Å². The number of hydrogen-bond donors (Lipinski definition) is 2. The second-order valence-electron chi connectivity index (χ2n) is 6.66. The van der Waals surface area contributed by atoms with Crippen molar-refractivity contribution in [3.8, 4) is 0 Å². The number of nitrogens with one attached hydrogen (secondary N) is 2. The van der Waals surface area contributed by atoms with Crippen LogP contribution in [0.4, 0.5) is 11.4 Å². The van der Waals surface area contributed by atoms with Gasteiger partial charge in [-0.3, -0.25) is 25.2 Å². The van der Waals surface area contributed by atoms with E-state index >= 15 is 0 Å². The molecule has 9 heteroatoms. The van der Waals surface area contributed by atoms with Crippen LogP contribution in [0.1, 0.15) is 11.1 Å². The topological polar surface area (TPSA) is 99.9 Å². The van der Waals surface area contributed by atoms with Gasteiger partial charge in [-0.15, -0.1) is 0 Å². The molecule has 0 radical (unpaired) electrons. The fourth-order valence-electron chi connectivity index (χ4n) is 3.31. The third kappa shape index (κ3) is 3.51. The molecule has 1 fully saturated rings. The summed E-state index contributed by atoms with van der Waals surface area (Å²) in [4.78, 5) is 30.2. The maximum Gasteiger partial charge on any atom is 0.269 e. The van der Waals surface area contributed by atoms with Crippen molar-refractivity contribution >= 4 is 34.2 Å². The number of amidine groups is 1. The lowest BCUT2D eigenvalue weighted by atomic mass is 10.0. The maximum absolute atomic E-state index is 13.2. The molecule has 28 heavy (non-hydrogen) atoms. The first-order chi connectivity index (χ1) is 13.5. The summed E-state index contributed by atoms with van der Waals surface area (Å²) in [6.07, 6.45) is -0.305. The fraction of sp³-hybridized carbons (Fsp3) is 0.263. The first-order valence-electron chi connectivity index (χ1n) is 8.86. The number of benzene rings is 2. The lowest BCUT2D eigenvalue weighted by Gasteiger charge is -2.33. The largest absolute Gasteiger partial charge is 0.274 e. The molecule has 144 valence electrons. The van der Waals surface area contributed by atoms with Crippen LogP contribution in [-0.4, -0.2) is 28.7 Å². The summed E-state index contributed by atoms with van der Waals surface area (Å²) in [6.45, 7) is 2.49. The SMILES string of the molecule is Cc1ccccc1N1C(=O)C2CNNC2N=C1SCc1cccc([N+](=O)[O-])c1. The number of non-ortho nitro benzene ring substituents is 1. The number of nitro groups is 1. The zero-order valence-corrected chi connectivity index (χ0v) is 16.0. The summed E-state index contributed by atoms with van der Waals surface area (Å²) in [5.74, 6) is 0.205. The third-order valence-corrected chi connectivity index (χ3v) is 5.80. The van der Waals surface area contributed by atoms with Crippen LogP contribution in [0.15, 0.2) is 53.5 Å². The Balaban J connectivity index is 1.64. The number of amides is 1. The minimum absolute atomic E-state index is 0.00616. The van der Waals surface area contributed by atoms with Crippen LogP contribution >= 0.6 is 11.8 Å². The van der Waals surface area contributed by atoms with Crippen LogP contribution in [0.25, 0.3) is 0 Å². The van der Waals surface area contributed by atoms with Crippen LogP contribution < -0.4 is 15.8 Å². The van der Waals surface area contributed by atoms with E-state index in [2.05, 4.69) is 10.9 Å². The number of nitro benzene ring substituents is 1. The van der Waals surface area contributed by atoms with E-state index in [1.165, 1.54) is 17.8 Å². The summed E-state index contributed by atoms with van der Waals surface area (Å²) in [5.41, 5.74) is 8.70. The number of aliphatic imine (C=N–C) groups is 1. The predicted molar refractivity (Wildman–Crippen MR) is 109 cm³/mol. The molecular formula is C19H19N5O3S. The van der Waals surface area contributed by atoms with E-state index in [0.717, 1.165) is 16.8 Å². The number of para-hydroxylation sites is 1. The average molecular weight is 397 g/mol. The highest BCUT2D eigenvalue weighted by molar-refractivity contribution is 8.13. The molecule has 0 bridgehead atoms. The van der Waals surface area contributed by atoms with E-state index < -0.39 is 4.92 Å². The number of hydrazine groups is 1. The third-order valence-electron chi connectivity index (χ3n) is 4.78. The van der Waals surface area contributed by atoms with Gasteiger partial charge in [0.15, 0.2) is 5.17 Å². The Morgan fingerprint density at radius 3 is 2.89 bits per heavy atom. The summed E-state index contributed by atoms with van der Waals surface area (Å²) < 4.78 is 0. The number of fused-ring (bicyclic) bond motifs is 1. The van der Waals surface area contributed by atoms with Gasteiger partial charge in [-0.25, -0.2) is 10.4 Å². The lowest BCUT2D eigenvalue weighted by molar-refractivity contribution is -0.384. The van der Waals surface area contributed by atoms with Crippen molar-refractivity contribution < 1.29 is 9.72 Å². The molecule has 0 aromatic heterocycles. The van der Waals surface area contributed by atoms with Gasteiger partial charge in [-0.1, -0.05) is 42.1 Å². The number of rotatable bonds is 4. The predicted octanol–water partition coefficient (Wildman–Crippen LogP) is 2.59. The Labute approximate surface area is 166 Å². The minimum Gasteiger partial charge on any atom is -0.274 e. The summed E-state index contributed by atoms with van der Waals surface area (Å²) >= 11 is 1.40. The highest BCUT2D eigenvalue weighted by Gasteiger charge is 2.42. The molecule has 0 saturated carbocycles. The lowest BCUT2D eigenvalue weighted by Crippen LogP contribution is -2.49. The Hall–Kier alpha value is -2.75. The summed E-state index contributed by atoms with van der Waals surface area (Å²) in [5, 5.41) is 11.6. The smallest absolute Gasteiger partial charge is 0.269 e. The minimum atomic E-state index is -0.409. The van der Waals surface area contributed by atoms with Crippen LogP contribution in [0.3, 0.4) is 0 Å². The molecule has 2 aromatic rings. The van der Waals surface area contributed by atoms with Crippen molar-refractivity contribution in [1.82, 2.24) is 10.9 Å². The van der Waals surface area contributed by atoms with Crippen molar-refractivity contribution in [2.75, 3.05) is 11.4 Å². The molecular weight excluding hydrogens is 378 g/mol. The van der Waals surface area contributed by atoms with Crippen LogP contribution in [-0.2, 0) is 10.5 Å². The van der Waals surface area contributed by atoms with Crippen LogP contribution in [0.5, 0.6) is 0 Å². The van der Waals surface area contributed by atoms with Crippen LogP contribution in [0.2, 0.25) is 0 Å². The molecule has 1 saturated heterocycles. The molecule has 1 amide bonds. The molecule has 2 heterocycles. The zero-order valence-electron chi connectivity index (χ0n) is 15.2. The molecule has 2 aliphatic heterocycles. The number of aryl methyl sites for hydroxylation is 1. The normalized spacial score (nSPS) is 21.4. The number of anilines is 1. The highest BCUT2D eigenvalue weighted by atomic mass is 32.2. The summed E-state index contributed by atoms with van der Waals surface area (Å²) in [6, 6.07) is 14.2. The molecule has 0 aliphatic carbocycles. The summed E-state index contributed by atoms with van der Waals surface area (Å²) in [7, 11) is 0. The van der Waals surface area contributed by atoms with E-state index in [-0.39, 0.29) is 23.7 Å². The number of carbonyl (C=O) groups is 1. The second-order valence-corrected chi connectivity index (χ2v) is 7.61. The van der Waals surface area contributed by atoms with Crippen molar-refractivity contribution in [3.05, 3.63) is 69.8 Å². The number of carbonyl (C=O) groups excluding carboxylic acids is 1. The monoisotopic (exact) mass is 397 g/mol. The van der Waals surface area contributed by atoms with E-state index in [0.29, 0.717) is 17.5 Å². The number of nitrogens with zero attached hydrogens (tertiary/aromatic N) is 3. The van der Waals surface area contributed by atoms with Crippen LogP contribution in [0, 0.1) is 23.0 Å². The Morgan fingerprint density at radius 1 is 1.29 bits per heavy atom. The zero-order chi connectivity index (χ0) is 19.7. The van der Waals surface area contributed by atoms with Gasteiger partial charge in [0, 0.05) is 24.4 Å². The first-order valence-corrected chi connectivity index (χ1v) is 9.85. The van der Waals surface area contributed by atoms with E-state index in [9.17, 15) is 14.9 Å². The van der Waals surface area contributed by atoms with Crippen molar-refractivity contribution in [2.24, 2.45) is 10.9 Å². The van der Waals surface area contributed by atoms with Crippen molar-refractivity contribution in [1.29, 1.82) is 0 Å². The van der Waals surface area contributed by atoms with Gasteiger partial charge in [-0.05, 0) is 24.1 Å². The van der Waals surface area contributed by atoms with E-state index in [4.69, 9.17) is 4.99 Å². The van der Waals surface area contributed by atoms with Crippen molar-refractivity contribution in [2.45, 2.75) is 18.8 Å². The van der Waals surface area contributed by atoms with Gasteiger partial charge in [0.25, 0.3) is 5.69 Å². The first kappa shape index (κ1) is 18.6. The standard InChI is InChI=1S/C19H19N5O3S/c1-12-5-2-3-8-16(12)23-18(25)15-10-20-22-17(15)21-19(23)28-11-13-6-4-7-14(9-13)24(26)27/h2-9,15,17,20,22H,10-11H2,1H3. The van der Waals surface area contributed by atoms with Gasteiger partial charge in [0.05, 0.1) is 16.5 Å². The molecule has 2 aliphatic rings. The quantitative estimate of drug-likeness (QED) is 0.608. The van der Waals surface area contributed by atoms with Gasteiger partial charge in [0.2, 0.25) is 5.91 Å². The van der Waals surface area contributed by atoms with Crippen molar-refractivity contribution in [3.63, 3.8) is 0 Å². The van der Waals surface area contributed by atoms with E-state index in [1.54, 1.807) is 17.0 Å². The molecule has 2 unspecified atom stereocenters. The fourth-order valence-corrected chi connectivity index (χ4v) is 4.29. The van der Waals surface area contributed by atoms with E-state index in [1.807, 2.05) is 37.3 Å². The molecule has 2 N–H and O–H groups in total. The molecule has 0 spiro atoms. The van der Waals surface area contributed by atoms with Gasteiger partial charge in [0.1, 0.15) is 6.17 Å². The Kier molecular flexibility index (Phi) is 5.12.